The fourth-order valence-corrected chi connectivity index (χ4v) is 15.9. The Morgan fingerprint density at radius 2 is 1.31 bits per heavy atom. The predicted molar refractivity (Wildman–Crippen MR) is 115 cm³/mol. The molecule has 2 heterocycles. The van der Waals surface area contributed by atoms with Gasteiger partial charge >= 0.3 is 23.1 Å². The maximum atomic E-state index is 11.8. The molecule has 4 atom stereocenters. The summed E-state index contributed by atoms with van der Waals surface area (Å²) >= 11 is 0. The molecule has 0 bridgehead atoms. The Morgan fingerprint density at radius 1 is 0.862 bits per heavy atom. The third kappa shape index (κ3) is 4.66. The normalized spacial score (nSPS) is 31.8. The first-order valence-corrected chi connectivity index (χ1v) is 14.7. The molecule has 0 aromatic rings. The summed E-state index contributed by atoms with van der Waals surface area (Å²) in [4.78, 5) is 11.8. The van der Waals surface area contributed by atoms with Crippen LogP contribution in [0, 0.1) is 0 Å². The Hall–Kier alpha value is -0.296. The van der Waals surface area contributed by atoms with Gasteiger partial charge in [-0.15, -0.1) is 0 Å². The third-order valence-electron chi connectivity index (χ3n) is 6.11. The number of methoxy groups -OCH3 is 1. The Morgan fingerprint density at radius 3 is 1.69 bits per heavy atom. The van der Waals surface area contributed by atoms with Gasteiger partial charge in [0, 0.05) is 14.0 Å². The van der Waals surface area contributed by atoms with Gasteiger partial charge in [-0.2, -0.15) is 0 Å². The lowest BCUT2D eigenvalue weighted by atomic mass is 10.1. The van der Waals surface area contributed by atoms with Gasteiger partial charge in [0.2, 0.25) is 0 Å². The second kappa shape index (κ2) is 9.46. The third-order valence-corrected chi connectivity index (χ3v) is 16.4. The molecule has 0 saturated carbocycles. The van der Waals surface area contributed by atoms with Crippen LogP contribution < -0.4 is 0 Å². The molecule has 0 aromatic carbocycles. The van der Waals surface area contributed by atoms with Crippen molar-refractivity contribution in [2.24, 2.45) is 0 Å². The second-order valence-corrected chi connectivity index (χ2v) is 18.2. The van der Waals surface area contributed by atoms with Gasteiger partial charge in [-0.1, -0.05) is 55.4 Å². The van der Waals surface area contributed by atoms with E-state index in [1.807, 2.05) is 0 Å². The van der Waals surface area contributed by atoms with Crippen LogP contribution in [0.15, 0.2) is 0 Å². The summed E-state index contributed by atoms with van der Waals surface area (Å²) in [7, 11) is -3.90. The van der Waals surface area contributed by atoms with Crippen molar-refractivity contribution in [3.05, 3.63) is 0 Å². The summed E-state index contributed by atoms with van der Waals surface area (Å²) in [5.74, 6) is -0.362. The molecule has 29 heavy (non-hydrogen) atoms. The molecule has 9 heteroatoms. The quantitative estimate of drug-likeness (QED) is 0.444. The highest BCUT2D eigenvalue weighted by molar-refractivity contribution is 6.84. The van der Waals surface area contributed by atoms with E-state index in [0.717, 1.165) is 0 Å². The SMILES string of the molecule is CO[C@H]1OC[C@@H](OC(C)=O)[C@@H]2O[Si](C(C)C)(C(C)C)O[Si](C(C)C)(C(C)C)O[C@@H]12. The standard InChI is InChI=1S/C20H40O7Si2/c1-12(2)28(13(3)4)25-18-17(24-16(9)21)11-23-20(22-10)19(18)26-29(27-28,14(5)6)15(7)8/h12-15,17-20H,11H2,1-10H3/t17-,18+,19-,20+/m1/s1. The van der Waals surface area contributed by atoms with Crippen LogP contribution in [0.2, 0.25) is 22.2 Å². The zero-order chi connectivity index (χ0) is 22.1. The first-order chi connectivity index (χ1) is 13.4. The summed E-state index contributed by atoms with van der Waals surface area (Å²) in [5.41, 5.74) is 0.828. The minimum Gasteiger partial charge on any atom is -0.457 e. The van der Waals surface area contributed by atoms with E-state index >= 15 is 0 Å². The lowest BCUT2D eigenvalue weighted by Gasteiger charge is -2.45. The van der Waals surface area contributed by atoms with Crippen molar-refractivity contribution in [2.75, 3.05) is 13.7 Å². The average molecular weight is 449 g/mol. The van der Waals surface area contributed by atoms with Crippen LogP contribution in [0.3, 0.4) is 0 Å². The van der Waals surface area contributed by atoms with Crippen molar-refractivity contribution in [1.82, 2.24) is 0 Å². The number of hydrogen-bond acceptors (Lipinski definition) is 7. The lowest BCUT2D eigenvalue weighted by Crippen LogP contribution is -2.60. The summed E-state index contributed by atoms with van der Waals surface area (Å²) in [6, 6.07) is 0. The van der Waals surface area contributed by atoms with E-state index in [1.165, 1.54) is 6.92 Å². The van der Waals surface area contributed by atoms with E-state index < -0.39 is 41.7 Å². The predicted octanol–water partition coefficient (Wildman–Crippen LogP) is 4.25. The van der Waals surface area contributed by atoms with Gasteiger partial charge in [0.05, 0.1) is 6.61 Å². The van der Waals surface area contributed by atoms with Crippen molar-refractivity contribution < 1.29 is 32.0 Å². The van der Waals surface area contributed by atoms with Crippen molar-refractivity contribution in [3.8, 4) is 0 Å². The topological polar surface area (TPSA) is 72.5 Å². The molecule has 0 radical (unpaired) electrons. The second-order valence-electron chi connectivity index (χ2n) is 9.41. The van der Waals surface area contributed by atoms with Crippen LogP contribution >= 0.6 is 0 Å². The number of hydrogen-bond donors (Lipinski definition) is 0. The molecule has 0 aliphatic carbocycles. The van der Waals surface area contributed by atoms with Crippen molar-refractivity contribution in [2.45, 2.75) is 109 Å². The number of fused-ring (bicyclic) bond motifs is 1. The van der Waals surface area contributed by atoms with Crippen molar-refractivity contribution >= 4 is 23.1 Å². The van der Waals surface area contributed by atoms with Gasteiger partial charge in [0.25, 0.3) is 0 Å². The molecule has 0 spiro atoms. The number of rotatable bonds is 6. The molecule has 2 fully saturated rings. The number of carbonyl (C=O) groups excluding carboxylic acids is 1. The minimum absolute atomic E-state index is 0.205. The first kappa shape index (κ1) is 25.0. The van der Waals surface area contributed by atoms with Gasteiger partial charge in [-0.3, -0.25) is 4.79 Å². The molecule has 2 aliphatic rings. The number of esters is 1. The van der Waals surface area contributed by atoms with E-state index in [-0.39, 0.29) is 34.7 Å². The highest BCUT2D eigenvalue weighted by Crippen LogP contribution is 2.49. The van der Waals surface area contributed by atoms with Gasteiger partial charge in [-0.25, -0.2) is 0 Å². The molecule has 0 amide bonds. The van der Waals surface area contributed by atoms with E-state index in [4.69, 9.17) is 27.2 Å². The maximum absolute atomic E-state index is 11.8. The number of ether oxygens (including phenoxy) is 3. The van der Waals surface area contributed by atoms with E-state index in [0.29, 0.717) is 0 Å². The number of carbonyl (C=O) groups is 1. The molecular weight excluding hydrogens is 408 g/mol. The van der Waals surface area contributed by atoms with Crippen LogP contribution in [0.5, 0.6) is 0 Å². The van der Waals surface area contributed by atoms with Gasteiger partial charge in [0.15, 0.2) is 12.4 Å². The maximum Gasteiger partial charge on any atom is 0.335 e. The fraction of sp³-hybridized carbons (Fsp3) is 0.950. The van der Waals surface area contributed by atoms with E-state index in [1.54, 1.807) is 7.11 Å². The van der Waals surface area contributed by atoms with Gasteiger partial charge in [0.1, 0.15) is 12.2 Å². The summed E-state index contributed by atoms with van der Waals surface area (Å²) in [5, 5.41) is 0. The monoisotopic (exact) mass is 448 g/mol. The van der Waals surface area contributed by atoms with Crippen molar-refractivity contribution in [3.63, 3.8) is 0 Å². The zero-order valence-electron chi connectivity index (χ0n) is 19.7. The van der Waals surface area contributed by atoms with Crippen LogP contribution in [0.1, 0.15) is 62.3 Å². The molecular formula is C20H40O7Si2. The highest BCUT2D eigenvalue weighted by Gasteiger charge is 2.64. The lowest BCUT2D eigenvalue weighted by molar-refractivity contribution is -0.257. The minimum atomic E-state index is -2.76. The molecule has 2 rings (SSSR count). The first-order valence-electron chi connectivity index (χ1n) is 10.8. The molecule has 7 nitrogen and oxygen atoms in total. The molecule has 2 saturated heterocycles. The Kier molecular flexibility index (Phi) is 8.14. The highest BCUT2D eigenvalue weighted by atomic mass is 28.5. The summed E-state index contributed by atoms with van der Waals surface area (Å²) in [6.07, 6.45) is -2.15. The average Bonchev–Trinajstić information content (AvgIpc) is 2.78. The Balaban J connectivity index is 2.65. The summed E-state index contributed by atoms with van der Waals surface area (Å²) in [6.45, 7) is 19.0. The van der Waals surface area contributed by atoms with Crippen molar-refractivity contribution in [1.29, 1.82) is 0 Å². The molecule has 170 valence electrons. The van der Waals surface area contributed by atoms with Crippen LogP contribution in [-0.2, 0) is 32.0 Å². The van der Waals surface area contributed by atoms with E-state index in [9.17, 15) is 4.79 Å². The van der Waals surface area contributed by atoms with Crippen LogP contribution in [0.25, 0.3) is 0 Å². The summed E-state index contributed by atoms with van der Waals surface area (Å²) < 4.78 is 38.1. The van der Waals surface area contributed by atoms with Gasteiger partial charge in [-0.05, 0) is 22.2 Å². The fourth-order valence-electron chi connectivity index (χ4n) is 4.60. The smallest absolute Gasteiger partial charge is 0.335 e. The largest absolute Gasteiger partial charge is 0.457 e. The van der Waals surface area contributed by atoms with Crippen LogP contribution in [0.4, 0.5) is 0 Å². The molecule has 2 aliphatic heterocycles. The zero-order valence-corrected chi connectivity index (χ0v) is 21.7. The molecule has 0 unspecified atom stereocenters. The molecule has 0 N–H and O–H groups in total. The van der Waals surface area contributed by atoms with Crippen LogP contribution in [-0.4, -0.2) is 61.4 Å². The Bertz CT molecular complexity index is 551. The van der Waals surface area contributed by atoms with E-state index in [2.05, 4.69) is 55.4 Å². The van der Waals surface area contributed by atoms with Gasteiger partial charge < -0.3 is 27.2 Å². The Labute approximate surface area is 178 Å². The molecule has 0 aromatic heterocycles.